The van der Waals surface area contributed by atoms with Gasteiger partial charge in [0.25, 0.3) is 0 Å². The molecule has 1 aromatic rings. The van der Waals surface area contributed by atoms with Crippen LogP contribution in [0.15, 0.2) is 36.9 Å². The van der Waals surface area contributed by atoms with Gasteiger partial charge in [-0.3, -0.25) is 0 Å². The summed E-state index contributed by atoms with van der Waals surface area (Å²) in [4.78, 5) is 0. The van der Waals surface area contributed by atoms with Crippen molar-refractivity contribution in [2.24, 2.45) is 0 Å². The van der Waals surface area contributed by atoms with Crippen LogP contribution in [-0.2, 0) is 17.3 Å². The van der Waals surface area contributed by atoms with Gasteiger partial charge in [-0.05, 0) is 0 Å². The van der Waals surface area contributed by atoms with Crippen molar-refractivity contribution in [1.29, 1.82) is 0 Å². The predicted octanol–water partition coefficient (Wildman–Crippen LogP) is 2.71. The zero-order chi connectivity index (χ0) is 7.82. The van der Waals surface area contributed by atoms with E-state index in [-0.39, 0.29) is 0 Å². The van der Waals surface area contributed by atoms with E-state index >= 15 is 0 Å². The van der Waals surface area contributed by atoms with Crippen LogP contribution in [0.2, 0.25) is 0 Å². The van der Waals surface area contributed by atoms with Crippen molar-refractivity contribution < 1.29 is 17.3 Å². The fourth-order valence-corrected chi connectivity index (χ4v) is 0.556. The second-order valence-electron chi connectivity index (χ2n) is 1.54. The zero-order valence-corrected chi connectivity index (χ0v) is 9.40. The molecular weight excluding hydrogens is 197 g/mol. The van der Waals surface area contributed by atoms with Gasteiger partial charge in [0.05, 0.1) is 0 Å². The van der Waals surface area contributed by atoms with Crippen LogP contribution in [0.1, 0.15) is 5.56 Å². The monoisotopic (exact) mass is 202 g/mol. The first-order valence-electron chi connectivity index (χ1n) is 2.78. The number of halogens is 1. The molecule has 0 heterocycles. The fraction of sp³-hybridized carbons (Fsp3) is 0. The molecule has 1 rings (SSSR count). The molecule has 0 radical (unpaired) electrons. The molecule has 0 aromatic heterocycles. The Morgan fingerprint density at radius 3 is 2.00 bits per heavy atom. The quantitative estimate of drug-likeness (QED) is 0.487. The molecule has 2 heteroatoms. The Balaban J connectivity index is 0.000000371. The summed E-state index contributed by atoms with van der Waals surface area (Å²) in [5.74, 6) is 0. The Hall–Kier alpha value is -0.127. The molecule has 0 amide bonds. The van der Waals surface area contributed by atoms with Crippen LogP contribution in [0.5, 0.6) is 0 Å². The summed E-state index contributed by atoms with van der Waals surface area (Å²) in [5.41, 5.74) is 1.05. The molecule has 0 saturated heterocycles. The normalized spacial score (nSPS) is 7.50. The van der Waals surface area contributed by atoms with Gasteiger partial charge < -0.3 is 0 Å². The van der Waals surface area contributed by atoms with Crippen LogP contribution < -0.4 is 0 Å². The SMILES string of the molecule is C=[C-]c1ccccc1.[Cl][Zn+]. The van der Waals surface area contributed by atoms with Gasteiger partial charge in [-0.15, -0.1) is 12.1 Å². The van der Waals surface area contributed by atoms with Crippen molar-refractivity contribution in [2.75, 3.05) is 0 Å². The maximum absolute atomic E-state index is 4.76. The first kappa shape index (κ1) is 9.87. The fourth-order valence-electron chi connectivity index (χ4n) is 0.556. The Morgan fingerprint density at radius 2 is 1.70 bits per heavy atom. The summed E-state index contributed by atoms with van der Waals surface area (Å²) < 4.78 is 0. The standard InChI is InChI=1S/C8H7.ClH.Zn/c1-2-8-6-4-3-5-7-8;;/h3-7H,1H2;1H;/q-1;;+2/p-1. The predicted molar refractivity (Wildman–Crippen MR) is 40.3 cm³/mol. The molecule has 0 atom stereocenters. The summed E-state index contributed by atoms with van der Waals surface area (Å²) in [6.45, 7) is 3.51. The molecule has 10 heavy (non-hydrogen) atoms. The summed E-state index contributed by atoms with van der Waals surface area (Å²) in [5, 5.41) is 0. The molecule has 0 bridgehead atoms. The number of hydrogen-bond acceptors (Lipinski definition) is 0. The van der Waals surface area contributed by atoms with Gasteiger partial charge in [0.15, 0.2) is 0 Å². The van der Waals surface area contributed by atoms with E-state index in [9.17, 15) is 0 Å². The summed E-state index contributed by atoms with van der Waals surface area (Å²) in [6, 6.07) is 9.84. The van der Waals surface area contributed by atoms with E-state index in [1.165, 1.54) is 0 Å². The molecule has 0 fully saturated rings. The first-order chi connectivity index (χ1) is 4.93. The third kappa shape index (κ3) is 3.82. The zero-order valence-electron chi connectivity index (χ0n) is 5.68. The van der Waals surface area contributed by atoms with Crippen molar-refractivity contribution in [1.82, 2.24) is 0 Å². The first-order valence-corrected chi connectivity index (χ1v) is 6.68. The topological polar surface area (TPSA) is 0 Å². The summed E-state index contributed by atoms with van der Waals surface area (Å²) in [6.07, 6.45) is 2.78. The molecule has 0 aliphatic carbocycles. The third-order valence-electron chi connectivity index (χ3n) is 0.978. The van der Waals surface area contributed by atoms with Crippen molar-refractivity contribution in [3.05, 3.63) is 48.6 Å². The minimum atomic E-state index is 0.847. The van der Waals surface area contributed by atoms with Crippen LogP contribution in [-0.4, -0.2) is 0 Å². The van der Waals surface area contributed by atoms with Gasteiger partial charge in [0.1, 0.15) is 0 Å². The van der Waals surface area contributed by atoms with Crippen molar-refractivity contribution in [2.45, 2.75) is 0 Å². The second-order valence-corrected chi connectivity index (χ2v) is 1.54. The van der Waals surface area contributed by atoms with Crippen molar-refractivity contribution >= 4 is 9.69 Å². The molecule has 0 saturated carbocycles. The van der Waals surface area contributed by atoms with Crippen LogP contribution in [0.4, 0.5) is 0 Å². The number of hydrogen-bond donors (Lipinski definition) is 0. The van der Waals surface area contributed by atoms with Crippen molar-refractivity contribution in [3.8, 4) is 0 Å². The van der Waals surface area contributed by atoms with E-state index in [1.54, 1.807) is 0 Å². The van der Waals surface area contributed by atoms with Gasteiger partial charge in [-0.25, -0.2) is 0 Å². The molecule has 0 aliphatic rings. The Bertz CT molecular complexity index is 172. The number of benzene rings is 1. The Morgan fingerprint density at radius 1 is 1.20 bits per heavy atom. The Kier molecular flexibility index (Phi) is 6.90. The summed E-state index contributed by atoms with van der Waals surface area (Å²) >= 11 is 0.847. The van der Waals surface area contributed by atoms with Crippen LogP contribution in [0.3, 0.4) is 0 Å². The molecule has 0 unspecified atom stereocenters. The average Bonchev–Trinajstić information content (AvgIpc) is 2.10. The van der Waals surface area contributed by atoms with Crippen LogP contribution in [0.25, 0.3) is 0 Å². The maximum atomic E-state index is 4.76. The molecule has 0 spiro atoms. The van der Waals surface area contributed by atoms with Gasteiger partial charge in [0.2, 0.25) is 0 Å². The Labute approximate surface area is 75.6 Å². The second kappa shape index (κ2) is 6.99. The van der Waals surface area contributed by atoms with Crippen LogP contribution in [0, 0.1) is 6.08 Å². The van der Waals surface area contributed by atoms with Crippen molar-refractivity contribution in [3.63, 3.8) is 0 Å². The van der Waals surface area contributed by atoms with Gasteiger partial charge in [-0.2, -0.15) is 30.4 Å². The molecule has 0 aliphatic heterocycles. The van der Waals surface area contributed by atoms with E-state index in [0.717, 1.165) is 22.9 Å². The third-order valence-corrected chi connectivity index (χ3v) is 0.978. The number of rotatable bonds is 1. The molecule has 0 nitrogen and oxygen atoms in total. The minimum absolute atomic E-state index is 0.847. The van der Waals surface area contributed by atoms with Gasteiger partial charge in [-0.1, -0.05) is 6.07 Å². The average molecular weight is 204 g/mol. The van der Waals surface area contributed by atoms with Gasteiger partial charge in [0, 0.05) is 0 Å². The molecule has 0 N–H and O–H groups in total. The summed E-state index contributed by atoms with van der Waals surface area (Å²) in [7, 11) is 4.76. The molecular formula is C8H7ClZn. The van der Waals surface area contributed by atoms with E-state index in [1.807, 2.05) is 30.3 Å². The van der Waals surface area contributed by atoms with E-state index in [0.29, 0.717) is 0 Å². The van der Waals surface area contributed by atoms with Crippen LogP contribution >= 0.6 is 9.69 Å². The molecule has 1 aromatic carbocycles. The van der Waals surface area contributed by atoms with Gasteiger partial charge >= 0.3 is 27.0 Å². The van der Waals surface area contributed by atoms with E-state index < -0.39 is 0 Å². The van der Waals surface area contributed by atoms with E-state index in [4.69, 9.17) is 9.69 Å². The van der Waals surface area contributed by atoms with E-state index in [2.05, 4.69) is 12.7 Å². The molecule has 48 valence electrons.